The standard InChI is InChI=1S/C29H29ClN2O/c1-17-12-20(8-10-23(17)19-6-4-3-5-7-19)28-25(30)15-27-26(32-28)14-22(31-27)13-21-9-11-24-18(2)16-33-29(21)24/h3-8,10,12,14-15,18,21,24,29,31H,9,11,13,16H2,1-2H3. The third kappa shape index (κ3) is 3.78. The molecule has 1 aliphatic carbocycles. The van der Waals surface area contributed by atoms with Gasteiger partial charge in [-0.3, -0.25) is 0 Å². The van der Waals surface area contributed by atoms with Crippen molar-refractivity contribution in [2.45, 2.75) is 39.2 Å². The van der Waals surface area contributed by atoms with Gasteiger partial charge in [0.15, 0.2) is 0 Å². The van der Waals surface area contributed by atoms with Gasteiger partial charge in [0.2, 0.25) is 0 Å². The molecule has 4 unspecified atom stereocenters. The van der Waals surface area contributed by atoms with E-state index in [1.165, 1.54) is 35.2 Å². The summed E-state index contributed by atoms with van der Waals surface area (Å²) in [7, 11) is 0. The van der Waals surface area contributed by atoms with Gasteiger partial charge in [-0.25, -0.2) is 4.98 Å². The molecule has 1 N–H and O–H groups in total. The van der Waals surface area contributed by atoms with Crippen molar-refractivity contribution in [2.75, 3.05) is 6.61 Å². The molecule has 2 fully saturated rings. The fourth-order valence-electron chi connectivity index (χ4n) is 5.99. The number of rotatable bonds is 4. The number of aromatic amines is 1. The van der Waals surface area contributed by atoms with Crippen molar-refractivity contribution in [3.05, 3.63) is 76.9 Å². The zero-order valence-electron chi connectivity index (χ0n) is 19.1. The van der Waals surface area contributed by atoms with Gasteiger partial charge in [-0.2, -0.15) is 0 Å². The summed E-state index contributed by atoms with van der Waals surface area (Å²) < 4.78 is 6.15. The molecule has 168 valence electrons. The molecule has 3 nitrogen and oxygen atoms in total. The molecule has 0 amide bonds. The van der Waals surface area contributed by atoms with Gasteiger partial charge in [0.05, 0.1) is 27.9 Å². The Hall–Kier alpha value is -2.62. The fourth-order valence-corrected chi connectivity index (χ4v) is 6.25. The van der Waals surface area contributed by atoms with Gasteiger partial charge in [0.25, 0.3) is 0 Å². The van der Waals surface area contributed by atoms with Gasteiger partial charge in [-0.05, 0) is 78.8 Å². The van der Waals surface area contributed by atoms with Crippen LogP contribution in [0.1, 0.15) is 31.0 Å². The summed E-state index contributed by atoms with van der Waals surface area (Å²) in [6.07, 6.45) is 3.98. The number of H-pyrrole nitrogens is 1. The van der Waals surface area contributed by atoms with Crippen LogP contribution < -0.4 is 0 Å². The summed E-state index contributed by atoms with van der Waals surface area (Å²) in [4.78, 5) is 8.54. The fraction of sp³-hybridized carbons (Fsp3) is 0.345. The Balaban J connectivity index is 1.29. The van der Waals surface area contributed by atoms with Gasteiger partial charge < -0.3 is 9.72 Å². The Morgan fingerprint density at radius 3 is 2.70 bits per heavy atom. The summed E-state index contributed by atoms with van der Waals surface area (Å²) in [6, 6.07) is 21.2. The van der Waals surface area contributed by atoms with Crippen LogP contribution in [0, 0.1) is 24.7 Å². The van der Waals surface area contributed by atoms with E-state index < -0.39 is 0 Å². The second kappa shape index (κ2) is 8.30. The van der Waals surface area contributed by atoms with E-state index in [0.717, 1.165) is 41.2 Å². The Labute approximate surface area is 200 Å². The number of fused-ring (bicyclic) bond motifs is 2. The van der Waals surface area contributed by atoms with Gasteiger partial charge >= 0.3 is 0 Å². The number of nitrogens with one attached hydrogen (secondary N) is 1. The zero-order chi connectivity index (χ0) is 22.5. The molecule has 3 heterocycles. The topological polar surface area (TPSA) is 37.9 Å². The van der Waals surface area contributed by atoms with Crippen LogP contribution in [-0.4, -0.2) is 22.7 Å². The van der Waals surface area contributed by atoms with Crippen LogP contribution in [0.15, 0.2) is 60.7 Å². The quantitative estimate of drug-likeness (QED) is 0.346. The summed E-state index contributed by atoms with van der Waals surface area (Å²) in [5.74, 6) is 2.03. The SMILES string of the molecule is Cc1cc(-c2nc3cc(CC4CCC5C(C)COC45)[nH]c3cc2Cl)ccc1-c1ccccc1. The minimum Gasteiger partial charge on any atom is -0.377 e. The summed E-state index contributed by atoms with van der Waals surface area (Å²) in [5.41, 5.74) is 8.78. The first kappa shape index (κ1) is 20.9. The number of nitrogens with zero attached hydrogens (tertiary/aromatic N) is 1. The van der Waals surface area contributed by atoms with Crippen LogP contribution in [0.5, 0.6) is 0 Å². The van der Waals surface area contributed by atoms with Crippen LogP contribution in [0.4, 0.5) is 0 Å². The summed E-state index contributed by atoms with van der Waals surface area (Å²) in [5, 5.41) is 0.677. The predicted molar refractivity (Wildman–Crippen MR) is 136 cm³/mol. The van der Waals surface area contributed by atoms with E-state index in [9.17, 15) is 0 Å². The van der Waals surface area contributed by atoms with Crippen LogP contribution in [-0.2, 0) is 11.2 Å². The second-order valence-electron chi connectivity index (χ2n) is 9.92. The molecule has 4 atom stereocenters. The van der Waals surface area contributed by atoms with E-state index in [1.54, 1.807) is 0 Å². The van der Waals surface area contributed by atoms with E-state index in [2.05, 4.69) is 67.4 Å². The molecule has 4 heteroatoms. The molecule has 2 aromatic heterocycles. The van der Waals surface area contributed by atoms with Crippen molar-refractivity contribution in [2.24, 2.45) is 17.8 Å². The number of hydrogen-bond donors (Lipinski definition) is 1. The lowest BCUT2D eigenvalue weighted by Gasteiger charge is -2.17. The van der Waals surface area contributed by atoms with E-state index in [-0.39, 0.29) is 0 Å². The maximum absolute atomic E-state index is 6.71. The molecule has 6 rings (SSSR count). The third-order valence-corrected chi connectivity index (χ3v) is 8.01. The predicted octanol–water partition coefficient (Wildman–Crippen LogP) is 7.46. The highest BCUT2D eigenvalue weighted by molar-refractivity contribution is 6.33. The smallest absolute Gasteiger partial charge is 0.0897 e. The first-order chi connectivity index (χ1) is 16.1. The largest absolute Gasteiger partial charge is 0.377 e. The van der Waals surface area contributed by atoms with Crippen molar-refractivity contribution in [1.29, 1.82) is 0 Å². The van der Waals surface area contributed by atoms with Crippen molar-refractivity contribution in [1.82, 2.24) is 9.97 Å². The third-order valence-electron chi connectivity index (χ3n) is 7.72. The Morgan fingerprint density at radius 1 is 1.03 bits per heavy atom. The summed E-state index contributed by atoms with van der Waals surface area (Å²) >= 11 is 6.71. The summed E-state index contributed by atoms with van der Waals surface area (Å²) in [6.45, 7) is 5.40. The van der Waals surface area contributed by atoms with Gasteiger partial charge in [0.1, 0.15) is 0 Å². The molecule has 33 heavy (non-hydrogen) atoms. The lowest BCUT2D eigenvalue weighted by Crippen LogP contribution is -2.21. The van der Waals surface area contributed by atoms with Crippen LogP contribution in [0.25, 0.3) is 33.4 Å². The lowest BCUT2D eigenvalue weighted by atomic mass is 9.91. The molecule has 0 spiro atoms. The highest BCUT2D eigenvalue weighted by Gasteiger charge is 2.44. The zero-order valence-corrected chi connectivity index (χ0v) is 19.9. The molecule has 1 saturated heterocycles. The normalized spacial score (nSPS) is 24.5. The first-order valence-corrected chi connectivity index (χ1v) is 12.4. The van der Waals surface area contributed by atoms with Crippen LogP contribution in [0.3, 0.4) is 0 Å². The average molecular weight is 457 g/mol. The molecule has 2 aliphatic rings. The molecule has 1 aliphatic heterocycles. The maximum Gasteiger partial charge on any atom is 0.0897 e. The van der Waals surface area contributed by atoms with Crippen molar-refractivity contribution in [3.63, 3.8) is 0 Å². The minimum atomic E-state index is 0.421. The Bertz CT molecular complexity index is 1310. The van der Waals surface area contributed by atoms with Crippen molar-refractivity contribution in [3.8, 4) is 22.4 Å². The number of aromatic nitrogens is 2. The Morgan fingerprint density at radius 2 is 1.88 bits per heavy atom. The number of halogens is 1. The lowest BCUT2D eigenvalue weighted by molar-refractivity contribution is 0.0646. The van der Waals surface area contributed by atoms with Gasteiger partial charge in [-0.15, -0.1) is 0 Å². The Kier molecular flexibility index (Phi) is 5.27. The molecule has 2 aromatic carbocycles. The molecule has 4 aromatic rings. The molecular weight excluding hydrogens is 428 g/mol. The molecule has 0 bridgehead atoms. The average Bonchev–Trinajstić information content (AvgIpc) is 3.50. The highest BCUT2D eigenvalue weighted by Crippen LogP contribution is 2.44. The minimum absolute atomic E-state index is 0.421. The molecular formula is C29H29ClN2O. The van der Waals surface area contributed by atoms with Crippen LogP contribution in [0.2, 0.25) is 5.02 Å². The number of hydrogen-bond acceptors (Lipinski definition) is 2. The highest BCUT2D eigenvalue weighted by atomic mass is 35.5. The van der Waals surface area contributed by atoms with Crippen molar-refractivity contribution < 1.29 is 4.74 Å². The monoisotopic (exact) mass is 456 g/mol. The first-order valence-electron chi connectivity index (χ1n) is 12.0. The number of benzene rings is 2. The maximum atomic E-state index is 6.71. The van der Waals surface area contributed by atoms with E-state index in [1.807, 2.05) is 12.1 Å². The van der Waals surface area contributed by atoms with Crippen molar-refractivity contribution >= 4 is 22.6 Å². The second-order valence-corrected chi connectivity index (χ2v) is 10.3. The number of aryl methyl sites for hydroxylation is 1. The van der Waals surface area contributed by atoms with Gasteiger partial charge in [-0.1, -0.05) is 61.0 Å². The van der Waals surface area contributed by atoms with Crippen LogP contribution >= 0.6 is 11.6 Å². The molecule has 0 radical (unpaired) electrons. The number of pyridine rings is 1. The molecule has 1 saturated carbocycles. The van der Waals surface area contributed by atoms with E-state index in [0.29, 0.717) is 23.0 Å². The van der Waals surface area contributed by atoms with E-state index in [4.69, 9.17) is 21.3 Å². The van der Waals surface area contributed by atoms with Gasteiger partial charge in [0, 0.05) is 17.9 Å². The number of ether oxygens (including phenoxy) is 1. The van der Waals surface area contributed by atoms with E-state index >= 15 is 0 Å².